The highest BCUT2D eigenvalue weighted by atomic mass is 32.2. The number of hydrogen-bond donors (Lipinski definition) is 3. The summed E-state index contributed by atoms with van der Waals surface area (Å²) in [5.41, 5.74) is 1.73. The fraction of sp³-hybridized carbons (Fsp3) is 0.222. The van der Waals surface area contributed by atoms with Crippen molar-refractivity contribution in [2.45, 2.75) is 18.7 Å². The third kappa shape index (κ3) is 4.58. The summed E-state index contributed by atoms with van der Waals surface area (Å²) in [6, 6.07) is 7.35. The summed E-state index contributed by atoms with van der Waals surface area (Å²) in [4.78, 5) is 32.9. The maximum atomic E-state index is 12.5. The number of aromatic nitrogens is 2. The molecule has 3 N–H and O–H groups in total. The molecular formula is C18H19N5O5S. The van der Waals surface area contributed by atoms with Crippen LogP contribution in [0.3, 0.4) is 0 Å². The minimum Gasteiger partial charge on any atom is -0.395 e. The lowest BCUT2D eigenvalue weighted by Crippen LogP contribution is -2.34. The molecule has 3 rings (SSSR count). The molecule has 11 heteroatoms. The van der Waals surface area contributed by atoms with Crippen molar-refractivity contribution in [3.8, 4) is 0 Å². The van der Waals surface area contributed by atoms with E-state index in [9.17, 15) is 18.0 Å². The van der Waals surface area contributed by atoms with Crippen LogP contribution >= 0.6 is 0 Å². The first-order valence-electron chi connectivity index (χ1n) is 8.60. The molecule has 0 radical (unpaired) electrons. The van der Waals surface area contributed by atoms with E-state index in [1.54, 1.807) is 19.9 Å². The molecule has 0 atom stereocenters. The molecule has 2 aromatic rings. The van der Waals surface area contributed by atoms with E-state index in [4.69, 9.17) is 5.11 Å². The minimum absolute atomic E-state index is 0.0180. The number of imide groups is 1. The van der Waals surface area contributed by atoms with Gasteiger partial charge in [-0.15, -0.1) is 0 Å². The predicted molar refractivity (Wildman–Crippen MR) is 104 cm³/mol. The SMILES string of the molecule is Cc1cc(C)nc(NS(=O)(=O)c2ccc(NC3=CC(=O)N(CCO)C3=O)cc2)n1. The maximum absolute atomic E-state index is 12.5. The lowest BCUT2D eigenvalue weighted by Gasteiger charge is -2.13. The number of anilines is 2. The van der Waals surface area contributed by atoms with E-state index in [-0.39, 0.29) is 29.7 Å². The quantitative estimate of drug-likeness (QED) is 0.555. The number of aliphatic hydroxyl groups is 1. The molecule has 0 unspecified atom stereocenters. The second kappa shape index (κ2) is 7.97. The van der Waals surface area contributed by atoms with Gasteiger partial charge >= 0.3 is 0 Å². The Labute approximate surface area is 167 Å². The van der Waals surface area contributed by atoms with Gasteiger partial charge in [0.25, 0.3) is 21.8 Å². The number of β-amino-alcohol motifs (C(OH)–C–C–N with tert-alkyl or cyclic N) is 1. The highest BCUT2D eigenvalue weighted by Crippen LogP contribution is 2.20. The van der Waals surface area contributed by atoms with E-state index in [2.05, 4.69) is 20.0 Å². The fourth-order valence-corrected chi connectivity index (χ4v) is 3.68. The average molecular weight is 417 g/mol. The summed E-state index contributed by atoms with van der Waals surface area (Å²) in [6.07, 6.45) is 1.13. The van der Waals surface area contributed by atoms with Gasteiger partial charge in [0.15, 0.2) is 0 Å². The number of carbonyl (C=O) groups is 2. The second-order valence-electron chi connectivity index (χ2n) is 6.31. The summed E-state index contributed by atoms with van der Waals surface area (Å²) < 4.78 is 27.4. The van der Waals surface area contributed by atoms with Crippen LogP contribution in [-0.4, -0.2) is 53.4 Å². The molecule has 2 amide bonds. The molecule has 0 aliphatic carbocycles. The van der Waals surface area contributed by atoms with Crippen LogP contribution in [0.1, 0.15) is 11.4 Å². The van der Waals surface area contributed by atoms with Crippen molar-refractivity contribution in [1.82, 2.24) is 14.9 Å². The first kappa shape index (κ1) is 20.4. The van der Waals surface area contributed by atoms with Crippen LogP contribution in [0.5, 0.6) is 0 Å². The minimum atomic E-state index is -3.90. The van der Waals surface area contributed by atoms with E-state index in [0.29, 0.717) is 17.1 Å². The van der Waals surface area contributed by atoms with Crippen molar-refractivity contribution in [2.75, 3.05) is 23.2 Å². The van der Waals surface area contributed by atoms with Crippen molar-refractivity contribution in [3.05, 3.63) is 53.5 Å². The van der Waals surface area contributed by atoms with Gasteiger partial charge in [0.1, 0.15) is 5.70 Å². The first-order valence-corrected chi connectivity index (χ1v) is 10.1. The van der Waals surface area contributed by atoms with Crippen LogP contribution in [0.15, 0.2) is 47.0 Å². The van der Waals surface area contributed by atoms with E-state index in [1.807, 2.05) is 0 Å². The molecule has 1 aromatic heterocycles. The molecule has 2 heterocycles. The van der Waals surface area contributed by atoms with Gasteiger partial charge in [-0.05, 0) is 44.2 Å². The summed E-state index contributed by atoms with van der Waals surface area (Å²) in [7, 11) is -3.90. The lowest BCUT2D eigenvalue weighted by atomic mass is 10.3. The van der Waals surface area contributed by atoms with E-state index in [0.717, 1.165) is 11.0 Å². The Morgan fingerprint density at radius 3 is 2.28 bits per heavy atom. The van der Waals surface area contributed by atoms with Crippen molar-refractivity contribution < 1.29 is 23.1 Å². The second-order valence-corrected chi connectivity index (χ2v) is 7.99. The molecule has 0 fully saturated rings. The Morgan fingerprint density at radius 2 is 1.69 bits per heavy atom. The summed E-state index contributed by atoms with van der Waals surface area (Å²) in [5.74, 6) is -1.10. The van der Waals surface area contributed by atoms with Crippen LogP contribution < -0.4 is 10.0 Å². The number of amides is 2. The normalized spacial score (nSPS) is 14.2. The van der Waals surface area contributed by atoms with Gasteiger partial charge in [-0.1, -0.05) is 0 Å². The van der Waals surface area contributed by atoms with Gasteiger partial charge in [0.05, 0.1) is 18.0 Å². The Kier molecular flexibility index (Phi) is 5.62. The fourth-order valence-electron chi connectivity index (χ4n) is 2.73. The van der Waals surface area contributed by atoms with Gasteiger partial charge in [0, 0.05) is 23.2 Å². The van der Waals surface area contributed by atoms with Gasteiger partial charge < -0.3 is 10.4 Å². The van der Waals surface area contributed by atoms with Crippen LogP contribution in [0, 0.1) is 13.8 Å². The van der Waals surface area contributed by atoms with Crippen LogP contribution in [0.25, 0.3) is 0 Å². The van der Waals surface area contributed by atoms with Crippen LogP contribution in [-0.2, 0) is 19.6 Å². The zero-order valence-electron chi connectivity index (χ0n) is 15.7. The van der Waals surface area contributed by atoms with E-state index < -0.39 is 21.8 Å². The molecule has 152 valence electrons. The topological polar surface area (TPSA) is 142 Å². The molecule has 1 aliphatic heterocycles. The van der Waals surface area contributed by atoms with Crippen LogP contribution in [0.2, 0.25) is 0 Å². The van der Waals surface area contributed by atoms with Crippen molar-refractivity contribution in [3.63, 3.8) is 0 Å². The van der Waals surface area contributed by atoms with Gasteiger partial charge in [0.2, 0.25) is 5.95 Å². The molecule has 0 spiro atoms. The number of sulfonamides is 1. The van der Waals surface area contributed by atoms with E-state index in [1.165, 1.54) is 24.3 Å². The molecule has 0 saturated carbocycles. The van der Waals surface area contributed by atoms with Crippen molar-refractivity contribution in [1.29, 1.82) is 0 Å². The summed E-state index contributed by atoms with van der Waals surface area (Å²) in [6.45, 7) is 3.04. The number of carbonyl (C=O) groups excluding carboxylic acids is 2. The lowest BCUT2D eigenvalue weighted by molar-refractivity contribution is -0.137. The molecule has 1 aliphatic rings. The highest BCUT2D eigenvalue weighted by Gasteiger charge is 2.30. The van der Waals surface area contributed by atoms with Gasteiger partial charge in [-0.2, -0.15) is 0 Å². The largest absolute Gasteiger partial charge is 0.395 e. The number of hydrogen-bond acceptors (Lipinski definition) is 8. The van der Waals surface area contributed by atoms with Crippen LogP contribution in [0.4, 0.5) is 11.6 Å². The molecule has 10 nitrogen and oxygen atoms in total. The van der Waals surface area contributed by atoms with Crippen molar-refractivity contribution >= 4 is 33.5 Å². The zero-order chi connectivity index (χ0) is 21.2. The van der Waals surface area contributed by atoms with Gasteiger partial charge in [-0.3, -0.25) is 14.5 Å². The average Bonchev–Trinajstić information content (AvgIpc) is 2.89. The smallest absolute Gasteiger partial charge is 0.277 e. The number of benzene rings is 1. The Balaban J connectivity index is 1.74. The number of aryl methyl sites for hydroxylation is 2. The Morgan fingerprint density at radius 1 is 1.07 bits per heavy atom. The Bertz CT molecular complexity index is 1080. The number of nitrogens with one attached hydrogen (secondary N) is 2. The third-order valence-corrected chi connectivity index (χ3v) is 5.33. The molecule has 29 heavy (non-hydrogen) atoms. The maximum Gasteiger partial charge on any atom is 0.277 e. The standard InChI is InChI=1S/C18H19N5O5S/c1-11-9-12(2)20-18(19-11)22-29(27,28)14-5-3-13(4-6-14)21-15-10-16(25)23(7-8-24)17(15)26/h3-6,9-10,21,24H,7-8H2,1-2H3,(H,19,20,22). The third-order valence-electron chi connectivity index (χ3n) is 3.98. The van der Waals surface area contributed by atoms with Crippen molar-refractivity contribution in [2.24, 2.45) is 0 Å². The molecular weight excluding hydrogens is 398 g/mol. The summed E-state index contributed by atoms with van der Waals surface area (Å²) in [5, 5.41) is 11.7. The molecule has 0 saturated heterocycles. The number of aliphatic hydroxyl groups excluding tert-OH is 1. The predicted octanol–water partition coefficient (Wildman–Crippen LogP) is 0.551. The zero-order valence-corrected chi connectivity index (χ0v) is 16.5. The number of nitrogens with zero attached hydrogens (tertiary/aromatic N) is 3. The molecule has 0 bridgehead atoms. The van der Waals surface area contributed by atoms with Gasteiger partial charge in [-0.25, -0.2) is 23.1 Å². The first-order chi connectivity index (χ1) is 13.7. The highest BCUT2D eigenvalue weighted by molar-refractivity contribution is 7.92. The van der Waals surface area contributed by atoms with E-state index >= 15 is 0 Å². The molecule has 1 aromatic carbocycles. The Hall–Kier alpha value is -3.31. The number of rotatable bonds is 7. The summed E-state index contributed by atoms with van der Waals surface area (Å²) >= 11 is 0. The monoisotopic (exact) mass is 417 g/mol.